The lowest BCUT2D eigenvalue weighted by Crippen LogP contribution is -2.38. The Bertz CT molecular complexity index is 867. The number of hydrogen-bond acceptors (Lipinski definition) is 3. The van der Waals surface area contributed by atoms with Crippen LogP contribution in [-0.4, -0.2) is 38.1 Å². The highest BCUT2D eigenvalue weighted by molar-refractivity contribution is 5.92. The van der Waals surface area contributed by atoms with Crippen molar-refractivity contribution >= 4 is 11.6 Å². The summed E-state index contributed by atoms with van der Waals surface area (Å²) in [6, 6.07) is 12.8. The van der Waals surface area contributed by atoms with E-state index >= 15 is 0 Å². The van der Waals surface area contributed by atoms with E-state index in [1.54, 1.807) is 19.2 Å². The molecule has 0 bridgehead atoms. The molecule has 1 saturated heterocycles. The molecule has 1 fully saturated rings. The SMILES string of the molecule is COc1cccc(NC(N)=NCC2CCCN(C)C2c2ccc(C(F)(F)F)cc2)c1. The summed E-state index contributed by atoms with van der Waals surface area (Å²) in [6.45, 7) is 1.38. The Balaban J connectivity index is 1.72. The molecular formula is C22H27F3N4O. The second kappa shape index (κ2) is 9.38. The molecule has 0 radical (unpaired) electrons. The number of nitrogens with two attached hydrogens (primary N) is 1. The van der Waals surface area contributed by atoms with Gasteiger partial charge in [0.2, 0.25) is 0 Å². The van der Waals surface area contributed by atoms with Gasteiger partial charge in [-0.3, -0.25) is 9.89 Å². The number of rotatable bonds is 5. The summed E-state index contributed by atoms with van der Waals surface area (Å²) in [7, 11) is 3.59. The highest BCUT2D eigenvalue weighted by atomic mass is 19.4. The van der Waals surface area contributed by atoms with E-state index in [9.17, 15) is 13.2 Å². The summed E-state index contributed by atoms with van der Waals surface area (Å²) in [5.41, 5.74) is 7.07. The number of ether oxygens (including phenoxy) is 1. The van der Waals surface area contributed by atoms with Crippen LogP contribution in [0.5, 0.6) is 5.75 Å². The van der Waals surface area contributed by atoms with Gasteiger partial charge in [-0.15, -0.1) is 0 Å². The average molecular weight is 420 g/mol. The molecule has 2 unspecified atom stereocenters. The van der Waals surface area contributed by atoms with Crippen molar-refractivity contribution in [2.75, 3.05) is 32.6 Å². The van der Waals surface area contributed by atoms with Crippen molar-refractivity contribution in [2.24, 2.45) is 16.6 Å². The predicted molar refractivity (Wildman–Crippen MR) is 113 cm³/mol. The summed E-state index contributed by atoms with van der Waals surface area (Å²) in [4.78, 5) is 6.68. The van der Waals surface area contributed by atoms with Gasteiger partial charge < -0.3 is 15.8 Å². The molecule has 5 nitrogen and oxygen atoms in total. The minimum Gasteiger partial charge on any atom is -0.497 e. The van der Waals surface area contributed by atoms with Gasteiger partial charge in [0, 0.05) is 24.3 Å². The third-order valence-corrected chi connectivity index (χ3v) is 5.42. The van der Waals surface area contributed by atoms with E-state index in [4.69, 9.17) is 10.5 Å². The van der Waals surface area contributed by atoms with Crippen LogP contribution in [-0.2, 0) is 6.18 Å². The normalized spacial score (nSPS) is 20.8. The molecule has 0 amide bonds. The third kappa shape index (κ3) is 5.44. The monoisotopic (exact) mass is 420 g/mol. The van der Waals surface area contributed by atoms with Crippen LogP contribution < -0.4 is 15.8 Å². The molecule has 0 saturated carbocycles. The second-order valence-electron chi connectivity index (χ2n) is 7.53. The van der Waals surface area contributed by atoms with Gasteiger partial charge in [-0.1, -0.05) is 18.2 Å². The van der Waals surface area contributed by atoms with Gasteiger partial charge in [-0.25, -0.2) is 0 Å². The van der Waals surface area contributed by atoms with Crippen molar-refractivity contribution in [1.29, 1.82) is 0 Å². The molecule has 0 aromatic heterocycles. The lowest BCUT2D eigenvalue weighted by atomic mass is 9.84. The minimum atomic E-state index is -4.33. The number of likely N-dealkylation sites (tertiary alicyclic amines) is 1. The molecule has 2 aromatic rings. The molecule has 30 heavy (non-hydrogen) atoms. The van der Waals surface area contributed by atoms with Crippen LogP contribution in [0.25, 0.3) is 0 Å². The lowest BCUT2D eigenvalue weighted by molar-refractivity contribution is -0.137. The number of aliphatic imine (C=N–C) groups is 1. The van der Waals surface area contributed by atoms with E-state index in [2.05, 4.69) is 15.2 Å². The number of hydrogen-bond donors (Lipinski definition) is 2. The highest BCUT2D eigenvalue weighted by Crippen LogP contribution is 2.37. The zero-order chi connectivity index (χ0) is 21.7. The van der Waals surface area contributed by atoms with Crippen LogP contribution >= 0.6 is 0 Å². The molecule has 3 N–H and O–H groups in total. The van der Waals surface area contributed by atoms with Gasteiger partial charge in [-0.05, 0) is 62.2 Å². The van der Waals surface area contributed by atoms with Crippen molar-refractivity contribution < 1.29 is 17.9 Å². The van der Waals surface area contributed by atoms with Crippen molar-refractivity contribution in [3.63, 3.8) is 0 Å². The molecule has 0 spiro atoms. The first kappa shape index (κ1) is 22.0. The second-order valence-corrected chi connectivity index (χ2v) is 7.53. The topological polar surface area (TPSA) is 62.9 Å². The van der Waals surface area contributed by atoms with Gasteiger partial charge in [0.15, 0.2) is 5.96 Å². The Morgan fingerprint density at radius 2 is 1.97 bits per heavy atom. The summed E-state index contributed by atoms with van der Waals surface area (Å²) in [5.74, 6) is 1.16. The summed E-state index contributed by atoms with van der Waals surface area (Å²) >= 11 is 0. The fourth-order valence-electron chi connectivity index (χ4n) is 3.95. The molecule has 2 aromatic carbocycles. The van der Waals surface area contributed by atoms with Gasteiger partial charge >= 0.3 is 6.18 Å². The first-order valence-electron chi connectivity index (χ1n) is 9.86. The summed E-state index contributed by atoms with van der Waals surface area (Å²) in [5, 5.41) is 3.06. The van der Waals surface area contributed by atoms with Crippen molar-refractivity contribution in [1.82, 2.24) is 4.90 Å². The van der Waals surface area contributed by atoms with Gasteiger partial charge in [0.25, 0.3) is 0 Å². The predicted octanol–water partition coefficient (Wildman–Crippen LogP) is 4.52. The van der Waals surface area contributed by atoms with E-state index < -0.39 is 11.7 Å². The zero-order valence-electron chi connectivity index (χ0n) is 17.1. The van der Waals surface area contributed by atoms with Gasteiger partial charge in [0.05, 0.1) is 12.7 Å². The van der Waals surface area contributed by atoms with E-state index in [1.165, 1.54) is 0 Å². The van der Waals surface area contributed by atoms with Crippen LogP contribution in [0.1, 0.15) is 30.0 Å². The lowest BCUT2D eigenvalue weighted by Gasteiger charge is -2.39. The van der Waals surface area contributed by atoms with E-state index in [0.717, 1.165) is 42.8 Å². The number of piperidine rings is 1. The van der Waals surface area contributed by atoms with Gasteiger partial charge in [-0.2, -0.15) is 13.2 Å². The molecule has 8 heteroatoms. The van der Waals surface area contributed by atoms with Crippen molar-refractivity contribution in [3.05, 3.63) is 59.7 Å². The number of nitrogens with zero attached hydrogens (tertiary/aromatic N) is 2. The van der Waals surface area contributed by atoms with Crippen LogP contribution in [0.2, 0.25) is 0 Å². The van der Waals surface area contributed by atoms with Crippen LogP contribution in [0.3, 0.4) is 0 Å². The molecular weight excluding hydrogens is 393 g/mol. The van der Waals surface area contributed by atoms with E-state index in [0.29, 0.717) is 18.3 Å². The molecule has 162 valence electrons. The maximum atomic E-state index is 12.9. The molecule has 2 atom stereocenters. The highest BCUT2D eigenvalue weighted by Gasteiger charge is 2.33. The van der Waals surface area contributed by atoms with E-state index in [-0.39, 0.29) is 12.0 Å². The number of nitrogens with one attached hydrogen (secondary N) is 1. The van der Waals surface area contributed by atoms with Crippen LogP contribution in [0, 0.1) is 5.92 Å². The Morgan fingerprint density at radius 1 is 1.23 bits per heavy atom. The molecule has 1 aliphatic heterocycles. The smallest absolute Gasteiger partial charge is 0.416 e. The van der Waals surface area contributed by atoms with Crippen molar-refractivity contribution in [3.8, 4) is 5.75 Å². The standard InChI is InChI=1S/C22H27F3N4O/c1-29-12-4-5-16(20(29)15-8-10-17(11-9-15)22(23,24)25)14-27-21(26)28-18-6-3-7-19(13-18)30-2/h3,6-11,13,16,20H,4-5,12,14H2,1-2H3,(H3,26,27,28). The summed E-state index contributed by atoms with van der Waals surface area (Å²) in [6.07, 6.45) is -2.38. The Labute approximate surface area is 174 Å². The quantitative estimate of drug-likeness (QED) is 0.551. The maximum Gasteiger partial charge on any atom is 0.416 e. The maximum absolute atomic E-state index is 12.9. The fourth-order valence-corrected chi connectivity index (χ4v) is 3.95. The Kier molecular flexibility index (Phi) is 6.87. The van der Waals surface area contributed by atoms with E-state index in [1.807, 2.05) is 31.3 Å². The summed E-state index contributed by atoms with van der Waals surface area (Å²) < 4.78 is 43.9. The molecule has 1 heterocycles. The first-order chi connectivity index (χ1) is 14.3. The Morgan fingerprint density at radius 3 is 2.63 bits per heavy atom. The number of methoxy groups -OCH3 is 1. The first-order valence-corrected chi connectivity index (χ1v) is 9.86. The number of halogens is 3. The largest absolute Gasteiger partial charge is 0.497 e. The van der Waals surface area contributed by atoms with Crippen molar-refractivity contribution in [2.45, 2.75) is 25.1 Å². The average Bonchev–Trinajstić information content (AvgIpc) is 2.72. The number of benzene rings is 2. The zero-order valence-corrected chi connectivity index (χ0v) is 17.1. The van der Waals surface area contributed by atoms with Crippen LogP contribution in [0.15, 0.2) is 53.5 Å². The molecule has 3 rings (SSSR count). The fraction of sp³-hybridized carbons (Fsp3) is 0.409. The number of anilines is 1. The Hall–Kier alpha value is -2.74. The van der Waals surface area contributed by atoms with Crippen LogP contribution in [0.4, 0.5) is 18.9 Å². The molecule has 1 aliphatic rings. The number of alkyl halides is 3. The van der Waals surface area contributed by atoms with Gasteiger partial charge in [0.1, 0.15) is 5.75 Å². The third-order valence-electron chi connectivity index (χ3n) is 5.42. The molecule has 0 aliphatic carbocycles. The minimum absolute atomic E-state index is 0.00518. The number of guanidine groups is 1.